The van der Waals surface area contributed by atoms with Crippen LogP contribution in [0.5, 0.6) is 0 Å². The van der Waals surface area contributed by atoms with Crippen LogP contribution in [-0.4, -0.2) is 63.8 Å². The fourth-order valence-electron chi connectivity index (χ4n) is 2.48. The van der Waals surface area contributed by atoms with Crippen LogP contribution in [0.1, 0.15) is 6.92 Å². The summed E-state index contributed by atoms with van der Waals surface area (Å²) in [6.07, 6.45) is 0. The highest BCUT2D eigenvalue weighted by Crippen LogP contribution is 2.15. The molecule has 5 nitrogen and oxygen atoms in total. The first-order chi connectivity index (χ1) is 10.3. The van der Waals surface area contributed by atoms with Crippen LogP contribution in [0.4, 0.5) is 5.69 Å². The molecule has 21 heavy (non-hydrogen) atoms. The molecule has 0 unspecified atom stereocenters. The Morgan fingerprint density at radius 1 is 1.19 bits per heavy atom. The van der Waals surface area contributed by atoms with E-state index in [-0.39, 0.29) is 0 Å². The molecule has 1 heterocycles. The van der Waals surface area contributed by atoms with Crippen molar-refractivity contribution >= 4 is 11.6 Å². The van der Waals surface area contributed by atoms with Crippen LogP contribution >= 0.6 is 0 Å². The van der Waals surface area contributed by atoms with E-state index in [9.17, 15) is 0 Å². The standard InChI is InChI=1S/C16H26N4O/c1-3-17-16(18-9-14-21-2)20-12-10-19(11-13-20)15-7-5-4-6-8-15/h4-8H,3,9-14H2,1-2H3,(H,17,18). The fraction of sp³-hybridized carbons (Fsp3) is 0.562. The maximum absolute atomic E-state index is 5.07. The van der Waals surface area contributed by atoms with E-state index in [1.54, 1.807) is 7.11 Å². The molecule has 1 aliphatic rings. The number of benzene rings is 1. The largest absolute Gasteiger partial charge is 0.383 e. The molecule has 2 rings (SSSR count). The number of para-hydroxylation sites is 1. The highest BCUT2D eigenvalue weighted by Gasteiger charge is 2.19. The Kier molecular flexibility index (Phi) is 6.34. The van der Waals surface area contributed by atoms with Crippen molar-refractivity contribution in [3.05, 3.63) is 30.3 Å². The summed E-state index contributed by atoms with van der Waals surface area (Å²) in [5.74, 6) is 1.00. The predicted octanol–water partition coefficient (Wildman–Crippen LogP) is 1.42. The molecule has 0 aliphatic carbocycles. The average molecular weight is 290 g/mol. The zero-order valence-electron chi connectivity index (χ0n) is 13.1. The minimum atomic E-state index is 0.666. The lowest BCUT2D eigenvalue weighted by molar-refractivity contribution is 0.207. The number of hydrogen-bond donors (Lipinski definition) is 1. The smallest absolute Gasteiger partial charge is 0.194 e. The van der Waals surface area contributed by atoms with Crippen LogP contribution < -0.4 is 10.2 Å². The Hall–Kier alpha value is -1.75. The molecule has 1 N–H and O–H groups in total. The Labute approximate surface area is 127 Å². The number of aliphatic imine (C=N–C) groups is 1. The number of guanidine groups is 1. The molecule has 0 bridgehead atoms. The molecule has 0 atom stereocenters. The molecule has 5 heteroatoms. The van der Waals surface area contributed by atoms with E-state index >= 15 is 0 Å². The minimum absolute atomic E-state index is 0.666. The van der Waals surface area contributed by atoms with Gasteiger partial charge >= 0.3 is 0 Å². The summed E-state index contributed by atoms with van der Waals surface area (Å²) in [6.45, 7) is 8.41. The normalized spacial score (nSPS) is 16.2. The molecule has 0 saturated carbocycles. The molecule has 1 fully saturated rings. The van der Waals surface area contributed by atoms with E-state index < -0.39 is 0 Å². The fourth-order valence-corrected chi connectivity index (χ4v) is 2.48. The summed E-state index contributed by atoms with van der Waals surface area (Å²) >= 11 is 0. The number of nitrogens with zero attached hydrogens (tertiary/aromatic N) is 3. The third kappa shape index (κ3) is 4.63. The van der Waals surface area contributed by atoms with Crippen molar-refractivity contribution in [3.63, 3.8) is 0 Å². The summed E-state index contributed by atoms with van der Waals surface area (Å²) in [7, 11) is 1.71. The topological polar surface area (TPSA) is 40.1 Å². The first-order valence-electron chi connectivity index (χ1n) is 7.67. The number of rotatable bonds is 5. The van der Waals surface area contributed by atoms with Crippen LogP contribution in [0.25, 0.3) is 0 Å². The molecular weight excluding hydrogens is 264 g/mol. The van der Waals surface area contributed by atoms with Gasteiger partial charge in [-0.3, -0.25) is 4.99 Å². The Morgan fingerprint density at radius 2 is 1.90 bits per heavy atom. The number of nitrogens with one attached hydrogen (secondary N) is 1. The monoisotopic (exact) mass is 290 g/mol. The van der Waals surface area contributed by atoms with E-state index in [1.807, 2.05) is 0 Å². The average Bonchev–Trinajstić information content (AvgIpc) is 2.55. The third-order valence-corrected chi connectivity index (χ3v) is 3.59. The molecular formula is C16H26N4O. The van der Waals surface area contributed by atoms with Gasteiger partial charge in [-0.1, -0.05) is 18.2 Å². The van der Waals surface area contributed by atoms with Crippen LogP contribution in [0.15, 0.2) is 35.3 Å². The van der Waals surface area contributed by atoms with E-state index in [0.29, 0.717) is 13.2 Å². The second-order valence-electron chi connectivity index (χ2n) is 5.04. The number of hydrogen-bond acceptors (Lipinski definition) is 3. The molecule has 1 aromatic carbocycles. The predicted molar refractivity (Wildman–Crippen MR) is 88.1 cm³/mol. The van der Waals surface area contributed by atoms with E-state index in [1.165, 1.54) is 5.69 Å². The summed E-state index contributed by atoms with van der Waals surface area (Å²) in [5, 5.41) is 3.37. The summed E-state index contributed by atoms with van der Waals surface area (Å²) < 4.78 is 5.07. The van der Waals surface area contributed by atoms with Gasteiger partial charge in [-0.2, -0.15) is 0 Å². The Bertz CT molecular complexity index is 427. The lowest BCUT2D eigenvalue weighted by Crippen LogP contribution is -2.52. The van der Waals surface area contributed by atoms with Crippen molar-refractivity contribution in [1.29, 1.82) is 0 Å². The summed E-state index contributed by atoms with van der Waals surface area (Å²) in [5.41, 5.74) is 1.30. The quantitative estimate of drug-likeness (QED) is 0.506. The van der Waals surface area contributed by atoms with Crippen LogP contribution in [-0.2, 0) is 4.74 Å². The third-order valence-electron chi connectivity index (χ3n) is 3.59. The molecule has 0 amide bonds. The number of methoxy groups -OCH3 is 1. The molecule has 0 radical (unpaired) electrons. The molecule has 1 aliphatic heterocycles. The van der Waals surface area contributed by atoms with Gasteiger partial charge in [0.15, 0.2) is 5.96 Å². The Morgan fingerprint density at radius 3 is 2.52 bits per heavy atom. The van der Waals surface area contributed by atoms with Gasteiger partial charge in [-0.25, -0.2) is 0 Å². The Balaban J connectivity index is 1.90. The molecule has 0 aromatic heterocycles. The second kappa shape index (κ2) is 8.52. The maximum Gasteiger partial charge on any atom is 0.194 e. The lowest BCUT2D eigenvalue weighted by Gasteiger charge is -2.37. The van der Waals surface area contributed by atoms with Gasteiger partial charge in [0.25, 0.3) is 0 Å². The first-order valence-corrected chi connectivity index (χ1v) is 7.67. The van der Waals surface area contributed by atoms with Crippen LogP contribution in [0, 0.1) is 0 Å². The number of anilines is 1. The van der Waals surface area contributed by atoms with E-state index in [4.69, 9.17) is 4.74 Å². The van der Waals surface area contributed by atoms with Gasteiger partial charge in [-0.05, 0) is 19.1 Å². The van der Waals surface area contributed by atoms with Crippen molar-refractivity contribution < 1.29 is 4.74 Å². The second-order valence-corrected chi connectivity index (χ2v) is 5.04. The zero-order chi connectivity index (χ0) is 14.9. The number of piperazine rings is 1. The summed E-state index contributed by atoms with van der Waals surface area (Å²) in [6, 6.07) is 10.6. The highest BCUT2D eigenvalue weighted by molar-refractivity contribution is 5.80. The van der Waals surface area contributed by atoms with E-state index in [0.717, 1.165) is 38.7 Å². The van der Waals surface area contributed by atoms with Crippen LogP contribution in [0.3, 0.4) is 0 Å². The zero-order valence-corrected chi connectivity index (χ0v) is 13.1. The minimum Gasteiger partial charge on any atom is -0.383 e. The van der Waals surface area contributed by atoms with Gasteiger partial charge in [0, 0.05) is 45.5 Å². The molecule has 1 saturated heterocycles. The van der Waals surface area contributed by atoms with Gasteiger partial charge in [0.2, 0.25) is 0 Å². The highest BCUT2D eigenvalue weighted by atomic mass is 16.5. The van der Waals surface area contributed by atoms with Gasteiger partial charge in [0.05, 0.1) is 13.2 Å². The van der Waals surface area contributed by atoms with Crippen molar-refractivity contribution in [2.75, 3.05) is 57.9 Å². The van der Waals surface area contributed by atoms with E-state index in [2.05, 4.69) is 57.4 Å². The summed E-state index contributed by atoms with van der Waals surface area (Å²) in [4.78, 5) is 9.37. The molecule has 0 spiro atoms. The first kappa shape index (κ1) is 15.6. The van der Waals surface area contributed by atoms with Gasteiger partial charge in [0.1, 0.15) is 0 Å². The SMILES string of the molecule is CCNC(=NCCOC)N1CCN(c2ccccc2)CC1. The van der Waals surface area contributed by atoms with Crippen molar-refractivity contribution in [1.82, 2.24) is 10.2 Å². The molecule has 1 aromatic rings. The lowest BCUT2D eigenvalue weighted by atomic mass is 10.2. The van der Waals surface area contributed by atoms with Crippen molar-refractivity contribution in [3.8, 4) is 0 Å². The number of ether oxygens (including phenoxy) is 1. The molecule has 116 valence electrons. The van der Waals surface area contributed by atoms with Crippen molar-refractivity contribution in [2.24, 2.45) is 4.99 Å². The van der Waals surface area contributed by atoms with Gasteiger partial charge < -0.3 is 19.9 Å². The van der Waals surface area contributed by atoms with Gasteiger partial charge in [-0.15, -0.1) is 0 Å². The van der Waals surface area contributed by atoms with Crippen molar-refractivity contribution in [2.45, 2.75) is 6.92 Å². The van der Waals surface area contributed by atoms with Crippen LogP contribution in [0.2, 0.25) is 0 Å². The maximum atomic E-state index is 5.07.